The van der Waals surface area contributed by atoms with Crippen molar-refractivity contribution in [3.05, 3.63) is 77.9 Å². The van der Waals surface area contributed by atoms with Crippen LogP contribution in [0.5, 0.6) is 0 Å². The van der Waals surface area contributed by atoms with E-state index in [1.54, 1.807) is 11.1 Å². The fourth-order valence-corrected chi connectivity index (χ4v) is 8.17. The van der Waals surface area contributed by atoms with Crippen LogP contribution in [0, 0.1) is 23.7 Å². The van der Waals surface area contributed by atoms with Crippen LogP contribution in [-0.4, -0.2) is 0 Å². The van der Waals surface area contributed by atoms with Gasteiger partial charge in [-0.2, -0.15) is 0 Å². The number of benzene rings is 3. The second-order valence-electron chi connectivity index (χ2n) is 10.0. The summed E-state index contributed by atoms with van der Waals surface area (Å²) in [6, 6.07) is 24.7. The maximum Gasteiger partial charge on any atom is 0.0397 e. The molecule has 0 radical (unpaired) electrons. The molecule has 3 aromatic rings. The van der Waals surface area contributed by atoms with Crippen molar-refractivity contribution in [2.45, 2.75) is 37.5 Å². The van der Waals surface area contributed by atoms with Gasteiger partial charge in [0.25, 0.3) is 0 Å². The van der Waals surface area contributed by atoms with Crippen LogP contribution < -0.4 is 5.73 Å². The number of fused-ring (bicyclic) bond motifs is 3. The molecule has 1 spiro atoms. The topological polar surface area (TPSA) is 26.0 Å². The van der Waals surface area contributed by atoms with Crippen LogP contribution >= 0.6 is 0 Å². The van der Waals surface area contributed by atoms with Crippen molar-refractivity contribution >= 4 is 5.69 Å². The first-order chi connectivity index (χ1) is 14.3. The second kappa shape index (κ2) is 5.53. The molecule has 0 unspecified atom stereocenters. The van der Waals surface area contributed by atoms with E-state index in [-0.39, 0.29) is 5.41 Å². The lowest BCUT2D eigenvalue weighted by Crippen LogP contribution is -2.55. The third kappa shape index (κ3) is 1.92. The fourth-order valence-electron chi connectivity index (χ4n) is 8.17. The van der Waals surface area contributed by atoms with Gasteiger partial charge in [0.2, 0.25) is 0 Å². The predicted molar refractivity (Wildman–Crippen MR) is 120 cm³/mol. The molecular weight excluding hydrogens is 350 g/mol. The lowest BCUT2D eigenvalue weighted by atomic mass is 9.42. The second-order valence-corrected chi connectivity index (χ2v) is 10.0. The molecule has 1 nitrogen and oxygen atoms in total. The van der Waals surface area contributed by atoms with Gasteiger partial charge in [-0.1, -0.05) is 60.7 Å². The van der Waals surface area contributed by atoms with Gasteiger partial charge < -0.3 is 5.73 Å². The summed E-state index contributed by atoms with van der Waals surface area (Å²) in [5.74, 6) is 3.46. The van der Waals surface area contributed by atoms with E-state index in [9.17, 15) is 0 Å². The average Bonchev–Trinajstić information content (AvgIpc) is 3.05. The molecule has 8 rings (SSSR count). The third-order valence-electron chi connectivity index (χ3n) is 8.80. The number of nitrogens with two attached hydrogens (primary N) is 1. The largest absolute Gasteiger partial charge is 0.398 e. The summed E-state index contributed by atoms with van der Waals surface area (Å²) < 4.78 is 0. The highest BCUT2D eigenvalue weighted by Crippen LogP contribution is 2.70. The molecule has 29 heavy (non-hydrogen) atoms. The minimum absolute atomic E-state index is 0.167. The van der Waals surface area contributed by atoms with E-state index in [0.29, 0.717) is 0 Å². The first-order valence-electron chi connectivity index (χ1n) is 11.3. The molecule has 4 saturated carbocycles. The Hall–Kier alpha value is -2.54. The number of anilines is 1. The Morgan fingerprint density at radius 3 is 2.03 bits per heavy atom. The molecule has 0 aromatic heterocycles. The van der Waals surface area contributed by atoms with Crippen LogP contribution in [0.1, 0.15) is 43.2 Å². The summed E-state index contributed by atoms with van der Waals surface area (Å²) in [5.41, 5.74) is 16.5. The molecule has 3 aromatic carbocycles. The van der Waals surface area contributed by atoms with Gasteiger partial charge in [-0.15, -0.1) is 0 Å². The molecule has 5 aliphatic carbocycles. The SMILES string of the molecule is Nc1ccc(-c2ccccc2)c2c1-c1ccccc1C21C2CC3CC(C2)CC1C3. The molecule has 1 heteroatoms. The van der Waals surface area contributed by atoms with Crippen molar-refractivity contribution in [1.29, 1.82) is 0 Å². The smallest absolute Gasteiger partial charge is 0.0397 e. The molecule has 0 amide bonds. The standard InChI is InChI=1S/C28H27N/c29-25-11-10-22(19-6-2-1-3-7-19)27-26(25)23-8-4-5-9-24(23)28(27)20-13-17-12-18(15-20)16-21(28)14-17/h1-11,17-18,20-21H,12-16,29H2. The summed E-state index contributed by atoms with van der Waals surface area (Å²) in [6.07, 6.45) is 7.11. The van der Waals surface area contributed by atoms with Crippen molar-refractivity contribution < 1.29 is 0 Å². The van der Waals surface area contributed by atoms with E-state index in [1.807, 2.05) is 0 Å². The number of nitrogen functional groups attached to an aromatic ring is 1. The van der Waals surface area contributed by atoms with Crippen molar-refractivity contribution in [3.63, 3.8) is 0 Å². The highest BCUT2D eigenvalue weighted by molar-refractivity contribution is 5.95. The Labute approximate surface area is 173 Å². The van der Waals surface area contributed by atoms with Gasteiger partial charge in [-0.25, -0.2) is 0 Å². The van der Waals surface area contributed by atoms with E-state index in [0.717, 1.165) is 29.4 Å². The van der Waals surface area contributed by atoms with Crippen molar-refractivity contribution in [2.24, 2.45) is 23.7 Å². The molecule has 0 aliphatic heterocycles. The Morgan fingerprint density at radius 1 is 0.655 bits per heavy atom. The van der Waals surface area contributed by atoms with E-state index in [4.69, 9.17) is 5.73 Å². The maximum absolute atomic E-state index is 6.71. The molecule has 2 N–H and O–H groups in total. The zero-order valence-corrected chi connectivity index (χ0v) is 16.8. The van der Waals surface area contributed by atoms with Gasteiger partial charge in [-0.3, -0.25) is 0 Å². The third-order valence-corrected chi connectivity index (χ3v) is 8.80. The van der Waals surface area contributed by atoms with Crippen LogP contribution in [0.3, 0.4) is 0 Å². The number of hydrogen-bond acceptors (Lipinski definition) is 1. The van der Waals surface area contributed by atoms with Crippen molar-refractivity contribution in [3.8, 4) is 22.3 Å². The van der Waals surface area contributed by atoms with Crippen molar-refractivity contribution in [2.75, 3.05) is 5.73 Å². The van der Waals surface area contributed by atoms with Crippen LogP contribution in [0.4, 0.5) is 5.69 Å². The van der Waals surface area contributed by atoms with Gasteiger partial charge in [0.05, 0.1) is 0 Å². The van der Waals surface area contributed by atoms with Gasteiger partial charge in [0, 0.05) is 16.7 Å². The molecule has 0 atom stereocenters. The summed E-state index contributed by atoms with van der Waals surface area (Å²) in [6.45, 7) is 0. The first kappa shape index (κ1) is 16.3. The first-order valence-corrected chi connectivity index (χ1v) is 11.3. The maximum atomic E-state index is 6.71. The van der Waals surface area contributed by atoms with Crippen molar-refractivity contribution in [1.82, 2.24) is 0 Å². The highest BCUT2D eigenvalue weighted by Gasteiger charge is 2.62. The fraction of sp³-hybridized carbons (Fsp3) is 0.357. The van der Waals surface area contributed by atoms with E-state index >= 15 is 0 Å². The molecule has 4 fully saturated rings. The Morgan fingerprint density at radius 2 is 1.31 bits per heavy atom. The molecular formula is C28H27N. The normalized spacial score (nSPS) is 33.1. The summed E-state index contributed by atoms with van der Waals surface area (Å²) >= 11 is 0. The van der Waals surface area contributed by atoms with Crippen LogP contribution in [0.15, 0.2) is 66.7 Å². The minimum atomic E-state index is 0.167. The monoisotopic (exact) mass is 377 g/mol. The van der Waals surface area contributed by atoms with E-state index in [1.165, 1.54) is 54.4 Å². The predicted octanol–water partition coefficient (Wildman–Crippen LogP) is 6.66. The van der Waals surface area contributed by atoms with Crippen LogP contribution in [0.2, 0.25) is 0 Å². The van der Waals surface area contributed by atoms with E-state index < -0.39 is 0 Å². The lowest BCUT2D eigenvalue weighted by Gasteiger charge is -2.61. The summed E-state index contributed by atoms with van der Waals surface area (Å²) in [7, 11) is 0. The number of rotatable bonds is 1. The number of hydrogen-bond donors (Lipinski definition) is 1. The summed E-state index contributed by atoms with van der Waals surface area (Å²) in [5, 5.41) is 0. The molecule has 5 aliphatic rings. The zero-order valence-electron chi connectivity index (χ0n) is 16.8. The van der Waals surface area contributed by atoms with Gasteiger partial charge >= 0.3 is 0 Å². The van der Waals surface area contributed by atoms with Crippen LogP contribution in [0.25, 0.3) is 22.3 Å². The van der Waals surface area contributed by atoms with E-state index in [2.05, 4.69) is 66.7 Å². The van der Waals surface area contributed by atoms with Gasteiger partial charge in [0.15, 0.2) is 0 Å². The highest BCUT2D eigenvalue weighted by atomic mass is 14.7. The van der Waals surface area contributed by atoms with Crippen LogP contribution in [-0.2, 0) is 5.41 Å². The Balaban J connectivity index is 1.60. The van der Waals surface area contributed by atoms with Gasteiger partial charge in [0.1, 0.15) is 0 Å². The Kier molecular flexibility index (Phi) is 3.11. The molecule has 0 saturated heterocycles. The average molecular weight is 378 g/mol. The minimum Gasteiger partial charge on any atom is -0.398 e. The molecule has 144 valence electrons. The zero-order chi connectivity index (χ0) is 19.2. The lowest BCUT2D eigenvalue weighted by molar-refractivity contribution is -0.0397. The molecule has 0 heterocycles. The molecule has 4 bridgehead atoms. The van der Waals surface area contributed by atoms with Gasteiger partial charge in [-0.05, 0) is 89.7 Å². The quantitative estimate of drug-likeness (QED) is 0.472. The summed E-state index contributed by atoms with van der Waals surface area (Å²) in [4.78, 5) is 0. The Bertz CT molecular complexity index is 1100.